The minimum absolute atomic E-state index is 0.178. The van der Waals surface area contributed by atoms with E-state index in [0.717, 1.165) is 12.3 Å². The van der Waals surface area contributed by atoms with E-state index >= 15 is 0 Å². The number of rotatable bonds is 1. The standard InChI is InChI=1S/C7H3ClF3NO/c8-6-4(7(9,10)11)1-2-12-5(6)3-13/h1-3H. The average molecular weight is 210 g/mol. The van der Waals surface area contributed by atoms with Gasteiger partial charge in [0.25, 0.3) is 0 Å². The van der Waals surface area contributed by atoms with Crippen molar-refractivity contribution in [3.63, 3.8) is 0 Å². The van der Waals surface area contributed by atoms with E-state index in [1.165, 1.54) is 0 Å². The molecule has 0 unspecified atom stereocenters. The molecule has 0 atom stereocenters. The molecule has 0 radical (unpaired) electrons. The van der Waals surface area contributed by atoms with Gasteiger partial charge < -0.3 is 0 Å². The van der Waals surface area contributed by atoms with E-state index in [1.807, 2.05) is 0 Å². The third-order valence-corrected chi connectivity index (χ3v) is 1.73. The Balaban J connectivity index is 3.32. The van der Waals surface area contributed by atoms with E-state index in [0.29, 0.717) is 0 Å². The lowest BCUT2D eigenvalue weighted by Crippen LogP contribution is -2.07. The molecule has 0 saturated heterocycles. The van der Waals surface area contributed by atoms with Crippen molar-refractivity contribution < 1.29 is 18.0 Å². The Morgan fingerprint density at radius 1 is 1.46 bits per heavy atom. The number of nitrogens with zero attached hydrogens (tertiary/aromatic N) is 1. The van der Waals surface area contributed by atoms with Crippen LogP contribution in [0.15, 0.2) is 12.3 Å². The van der Waals surface area contributed by atoms with Crippen molar-refractivity contribution in [1.29, 1.82) is 0 Å². The number of alkyl halides is 3. The van der Waals surface area contributed by atoms with Crippen LogP contribution in [-0.4, -0.2) is 11.3 Å². The number of carbonyl (C=O) groups excluding carboxylic acids is 1. The molecule has 0 fully saturated rings. The summed E-state index contributed by atoms with van der Waals surface area (Å²) >= 11 is 5.28. The molecule has 0 aromatic carbocycles. The van der Waals surface area contributed by atoms with Crippen LogP contribution in [0.5, 0.6) is 0 Å². The largest absolute Gasteiger partial charge is 0.417 e. The third-order valence-electron chi connectivity index (χ3n) is 1.33. The number of hydrogen-bond acceptors (Lipinski definition) is 2. The summed E-state index contributed by atoms with van der Waals surface area (Å²) in [6.45, 7) is 0. The quantitative estimate of drug-likeness (QED) is 0.666. The second kappa shape index (κ2) is 3.33. The molecule has 0 amide bonds. The van der Waals surface area contributed by atoms with Gasteiger partial charge in [-0.25, -0.2) is 0 Å². The second-order valence-corrected chi connectivity index (χ2v) is 2.55. The normalized spacial score (nSPS) is 11.4. The van der Waals surface area contributed by atoms with Gasteiger partial charge in [-0.3, -0.25) is 9.78 Å². The van der Waals surface area contributed by atoms with E-state index in [4.69, 9.17) is 11.6 Å². The van der Waals surface area contributed by atoms with E-state index in [9.17, 15) is 18.0 Å². The fourth-order valence-electron chi connectivity index (χ4n) is 0.761. The number of halogens is 4. The highest BCUT2D eigenvalue weighted by Gasteiger charge is 2.34. The Bertz CT molecular complexity index is 337. The number of aromatic nitrogens is 1. The Morgan fingerprint density at radius 2 is 2.08 bits per heavy atom. The molecule has 1 heterocycles. The van der Waals surface area contributed by atoms with Gasteiger partial charge in [0.15, 0.2) is 6.29 Å². The number of hydrogen-bond donors (Lipinski definition) is 0. The fourth-order valence-corrected chi connectivity index (χ4v) is 1.02. The van der Waals surface area contributed by atoms with Gasteiger partial charge in [-0.2, -0.15) is 13.2 Å². The summed E-state index contributed by atoms with van der Waals surface area (Å²) in [5, 5.41) is -0.662. The van der Waals surface area contributed by atoms with E-state index in [-0.39, 0.29) is 6.29 Å². The first-order chi connectivity index (χ1) is 5.96. The summed E-state index contributed by atoms with van der Waals surface area (Å²) in [5.74, 6) is 0. The first-order valence-corrected chi connectivity index (χ1v) is 3.51. The zero-order valence-electron chi connectivity index (χ0n) is 6.10. The van der Waals surface area contributed by atoms with Crippen molar-refractivity contribution in [3.05, 3.63) is 28.5 Å². The average Bonchev–Trinajstić information content (AvgIpc) is 2.02. The SMILES string of the molecule is O=Cc1nccc(C(F)(F)F)c1Cl. The molecule has 0 aliphatic rings. The lowest BCUT2D eigenvalue weighted by Gasteiger charge is -2.08. The first kappa shape index (κ1) is 9.98. The predicted molar refractivity (Wildman–Crippen MR) is 39.6 cm³/mol. The summed E-state index contributed by atoms with van der Waals surface area (Å²) in [5.41, 5.74) is -1.46. The molecule has 0 aliphatic carbocycles. The molecule has 70 valence electrons. The van der Waals surface area contributed by atoms with Gasteiger partial charge in [-0.15, -0.1) is 0 Å². The monoisotopic (exact) mass is 209 g/mol. The molecule has 13 heavy (non-hydrogen) atoms. The van der Waals surface area contributed by atoms with E-state index in [2.05, 4.69) is 4.98 Å². The molecule has 0 saturated carbocycles. The van der Waals surface area contributed by atoms with Crippen LogP contribution in [-0.2, 0) is 6.18 Å². The Kier molecular flexibility index (Phi) is 2.56. The van der Waals surface area contributed by atoms with Crippen molar-refractivity contribution in [1.82, 2.24) is 4.98 Å². The minimum Gasteiger partial charge on any atom is -0.296 e. The van der Waals surface area contributed by atoms with Gasteiger partial charge in [0.05, 0.1) is 10.6 Å². The maximum Gasteiger partial charge on any atom is 0.417 e. The van der Waals surface area contributed by atoms with Crippen LogP contribution in [0.3, 0.4) is 0 Å². The highest BCUT2D eigenvalue weighted by molar-refractivity contribution is 6.33. The Hall–Kier alpha value is -1.10. The van der Waals surface area contributed by atoms with Crippen LogP contribution in [0.25, 0.3) is 0 Å². The van der Waals surface area contributed by atoms with Crippen LogP contribution in [0.4, 0.5) is 13.2 Å². The van der Waals surface area contributed by atoms with Crippen LogP contribution >= 0.6 is 11.6 Å². The molecular formula is C7H3ClF3NO. The summed E-state index contributed by atoms with van der Waals surface area (Å²) in [6, 6.07) is 0.718. The van der Waals surface area contributed by atoms with E-state index in [1.54, 1.807) is 0 Å². The summed E-state index contributed by atoms with van der Waals surface area (Å²) < 4.78 is 36.4. The lowest BCUT2D eigenvalue weighted by atomic mass is 10.2. The fraction of sp³-hybridized carbons (Fsp3) is 0.143. The van der Waals surface area contributed by atoms with Gasteiger partial charge in [0.1, 0.15) is 5.69 Å². The summed E-state index contributed by atoms with van der Waals surface area (Å²) in [4.78, 5) is 13.6. The molecule has 6 heteroatoms. The highest BCUT2D eigenvalue weighted by Crippen LogP contribution is 2.34. The van der Waals surface area contributed by atoms with Gasteiger partial charge in [-0.1, -0.05) is 11.6 Å². The molecule has 1 rings (SSSR count). The van der Waals surface area contributed by atoms with Gasteiger partial charge >= 0.3 is 6.18 Å². The minimum atomic E-state index is -4.56. The van der Waals surface area contributed by atoms with Crippen LogP contribution in [0.2, 0.25) is 5.02 Å². The van der Waals surface area contributed by atoms with Crippen molar-refractivity contribution in [2.24, 2.45) is 0 Å². The number of pyridine rings is 1. The summed E-state index contributed by atoms with van der Waals surface area (Å²) in [7, 11) is 0. The van der Waals surface area contributed by atoms with Crippen LogP contribution in [0, 0.1) is 0 Å². The Morgan fingerprint density at radius 3 is 2.54 bits per heavy atom. The summed E-state index contributed by atoms with van der Waals surface area (Å²) in [6.07, 6.45) is -3.49. The zero-order chi connectivity index (χ0) is 10.1. The first-order valence-electron chi connectivity index (χ1n) is 3.13. The second-order valence-electron chi connectivity index (χ2n) is 2.17. The maximum absolute atomic E-state index is 12.1. The maximum atomic E-state index is 12.1. The van der Waals surface area contributed by atoms with Crippen molar-refractivity contribution in [2.45, 2.75) is 6.18 Å². The zero-order valence-corrected chi connectivity index (χ0v) is 6.86. The van der Waals surface area contributed by atoms with Crippen LogP contribution < -0.4 is 0 Å². The van der Waals surface area contributed by atoms with Gasteiger partial charge in [-0.05, 0) is 6.07 Å². The van der Waals surface area contributed by atoms with Crippen molar-refractivity contribution >= 4 is 17.9 Å². The molecule has 0 N–H and O–H groups in total. The topological polar surface area (TPSA) is 30.0 Å². The molecule has 1 aromatic rings. The lowest BCUT2D eigenvalue weighted by molar-refractivity contribution is -0.137. The third kappa shape index (κ3) is 1.98. The van der Waals surface area contributed by atoms with Gasteiger partial charge in [0.2, 0.25) is 0 Å². The van der Waals surface area contributed by atoms with Crippen LogP contribution in [0.1, 0.15) is 16.1 Å². The molecule has 2 nitrogen and oxygen atoms in total. The molecule has 0 spiro atoms. The molecule has 0 bridgehead atoms. The number of carbonyl (C=O) groups is 1. The molecule has 0 aliphatic heterocycles. The van der Waals surface area contributed by atoms with Gasteiger partial charge in [0, 0.05) is 6.20 Å². The molecular weight excluding hydrogens is 207 g/mol. The number of aldehydes is 1. The Labute approximate surface area is 76.3 Å². The van der Waals surface area contributed by atoms with Crippen molar-refractivity contribution in [2.75, 3.05) is 0 Å². The van der Waals surface area contributed by atoms with Crippen molar-refractivity contribution in [3.8, 4) is 0 Å². The predicted octanol–water partition coefficient (Wildman–Crippen LogP) is 2.57. The molecule has 1 aromatic heterocycles. The highest BCUT2D eigenvalue weighted by atomic mass is 35.5. The van der Waals surface area contributed by atoms with E-state index < -0.39 is 22.5 Å². The smallest absolute Gasteiger partial charge is 0.296 e.